The van der Waals surface area contributed by atoms with E-state index in [1.807, 2.05) is 30.3 Å². The number of hydrogen-bond donors (Lipinski definition) is 1. The summed E-state index contributed by atoms with van der Waals surface area (Å²) in [4.78, 5) is 28.5. The highest BCUT2D eigenvalue weighted by molar-refractivity contribution is 6.45. The maximum atomic E-state index is 14.4. The molecule has 128 valence electrons. The summed E-state index contributed by atoms with van der Waals surface area (Å²) < 4.78 is 20.0. The summed E-state index contributed by atoms with van der Waals surface area (Å²) in [5, 5.41) is 0.274. The van der Waals surface area contributed by atoms with Gasteiger partial charge in [0.2, 0.25) is 0 Å². The van der Waals surface area contributed by atoms with Gasteiger partial charge < -0.3 is 14.6 Å². The van der Waals surface area contributed by atoms with Crippen LogP contribution in [-0.2, 0) is 11.4 Å². The molecule has 0 saturated heterocycles. The number of benzene rings is 2. The highest BCUT2D eigenvalue weighted by Crippen LogP contribution is 2.32. The van der Waals surface area contributed by atoms with E-state index in [1.165, 1.54) is 37.3 Å². The van der Waals surface area contributed by atoms with Crippen LogP contribution in [0.25, 0.3) is 10.9 Å². The van der Waals surface area contributed by atoms with Crippen molar-refractivity contribution >= 4 is 22.6 Å². The number of H-pyrrole nitrogens is 1. The van der Waals surface area contributed by atoms with Crippen LogP contribution in [0.15, 0.2) is 48.7 Å². The van der Waals surface area contributed by atoms with Crippen LogP contribution in [-0.4, -0.2) is 35.7 Å². The normalized spacial score (nSPS) is 10.7. The molecule has 2 aromatic carbocycles. The molecule has 0 spiro atoms. The van der Waals surface area contributed by atoms with Gasteiger partial charge >= 0.3 is 0 Å². The quantitative estimate of drug-likeness (QED) is 0.573. The zero-order chi connectivity index (χ0) is 18.0. The van der Waals surface area contributed by atoms with Crippen LogP contribution in [0.4, 0.5) is 4.39 Å². The molecule has 0 aliphatic heterocycles. The summed E-state index contributed by atoms with van der Waals surface area (Å²) in [5.41, 5.74) is 1.49. The van der Waals surface area contributed by atoms with Crippen LogP contribution in [0, 0.1) is 5.82 Å². The standard InChI is InChI=1S/C19H17FN2O3/c1-22(2)19(24)17(23)13-10-21-15-9-8-14(20)18(16(13)15)25-11-12-6-4-3-5-7-12/h3-10,21H,11H2,1-2H3. The molecule has 3 rings (SSSR count). The second-order valence-electron chi connectivity index (χ2n) is 5.80. The second-order valence-corrected chi connectivity index (χ2v) is 5.80. The summed E-state index contributed by atoms with van der Waals surface area (Å²) in [6.45, 7) is 0.150. The van der Waals surface area contributed by atoms with Gasteiger partial charge in [0.05, 0.1) is 16.5 Å². The summed E-state index contributed by atoms with van der Waals surface area (Å²) >= 11 is 0. The molecule has 25 heavy (non-hydrogen) atoms. The fourth-order valence-electron chi connectivity index (χ4n) is 2.54. The van der Waals surface area contributed by atoms with Crippen LogP contribution >= 0.6 is 0 Å². The number of aromatic amines is 1. The fourth-order valence-corrected chi connectivity index (χ4v) is 2.54. The molecule has 1 N–H and O–H groups in total. The zero-order valence-electron chi connectivity index (χ0n) is 13.9. The number of nitrogens with zero attached hydrogens (tertiary/aromatic N) is 1. The first-order chi connectivity index (χ1) is 12.0. The minimum absolute atomic E-state index is 0.0440. The van der Waals surface area contributed by atoms with E-state index in [0.717, 1.165) is 5.56 Å². The Kier molecular flexibility index (Phi) is 4.52. The Morgan fingerprint density at radius 1 is 1.12 bits per heavy atom. The van der Waals surface area contributed by atoms with Gasteiger partial charge in [0.25, 0.3) is 11.7 Å². The first kappa shape index (κ1) is 16.7. The van der Waals surface area contributed by atoms with Crippen molar-refractivity contribution in [2.45, 2.75) is 6.61 Å². The van der Waals surface area contributed by atoms with Crippen LogP contribution in [0.1, 0.15) is 15.9 Å². The van der Waals surface area contributed by atoms with Crippen molar-refractivity contribution in [2.24, 2.45) is 0 Å². The van der Waals surface area contributed by atoms with Crippen molar-refractivity contribution < 1.29 is 18.7 Å². The van der Waals surface area contributed by atoms with E-state index in [2.05, 4.69) is 4.98 Å². The van der Waals surface area contributed by atoms with E-state index >= 15 is 0 Å². The second kappa shape index (κ2) is 6.76. The van der Waals surface area contributed by atoms with Crippen LogP contribution in [0.5, 0.6) is 5.75 Å². The summed E-state index contributed by atoms with van der Waals surface area (Å²) in [7, 11) is 2.98. The third-order valence-corrected chi connectivity index (χ3v) is 3.82. The lowest BCUT2D eigenvalue weighted by atomic mass is 10.1. The molecule has 0 saturated carbocycles. The number of Topliss-reactive ketones (excluding diaryl/α,β-unsaturated/α-hetero) is 1. The fraction of sp³-hybridized carbons (Fsp3) is 0.158. The van der Waals surface area contributed by atoms with Gasteiger partial charge in [-0.25, -0.2) is 4.39 Å². The van der Waals surface area contributed by atoms with Gasteiger partial charge in [0, 0.05) is 20.3 Å². The number of rotatable bonds is 5. The molecule has 6 heteroatoms. The topological polar surface area (TPSA) is 62.4 Å². The summed E-state index contributed by atoms with van der Waals surface area (Å²) in [6.07, 6.45) is 1.41. The third kappa shape index (κ3) is 3.24. The predicted molar refractivity (Wildman–Crippen MR) is 92.1 cm³/mol. The molecule has 0 radical (unpaired) electrons. The van der Waals surface area contributed by atoms with E-state index in [-0.39, 0.29) is 23.3 Å². The lowest BCUT2D eigenvalue weighted by Gasteiger charge is -2.11. The van der Waals surface area contributed by atoms with Crippen molar-refractivity contribution in [3.05, 3.63) is 65.6 Å². The van der Waals surface area contributed by atoms with Crippen molar-refractivity contribution in [1.82, 2.24) is 9.88 Å². The molecule has 1 amide bonds. The Morgan fingerprint density at radius 2 is 1.84 bits per heavy atom. The smallest absolute Gasteiger partial charge is 0.294 e. The van der Waals surface area contributed by atoms with E-state index in [9.17, 15) is 14.0 Å². The van der Waals surface area contributed by atoms with E-state index < -0.39 is 17.5 Å². The third-order valence-electron chi connectivity index (χ3n) is 3.82. The van der Waals surface area contributed by atoms with Gasteiger partial charge in [-0.15, -0.1) is 0 Å². The molecule has 0 atom stereocenters. The number of carbonyl (C=O) groups is 2. The van der Waals surface area contributed by atoms with Crippen LogP contribution < -0.4 is 4.74 Å². The van der Waals surface area contributed by atoms with Crippen molar-refractivity contribution in [3.8, 4) is 5.75 Å². The molecular formula is C19H17FN2O3. The number of carbonyl (C=O) groups excluding carboxylic acids is 2. The number of likely N-dealkylation sites (N-methyl/N-ethyl adjacent to an activating group) is 1. The average molecular weight is 340 g/mol. The first-order valence-electron chi connectivity index (χ1n) is 7.71. The number of fused-ring (bicyclic) bond motifs is 1. The van der Waals surface area contributed by atoms with Gasteiger partial charge in [0.15, 0.2) is 11.6 Å². The van der Waals surface area contributed by atoms with Crippen molar-refractivity contribution in [3.63, 3.8) is 0 Å². The molecule has 0 unspecified atom stereocenters. The highest BCUT2D eigenvalue weighted by atomic mass is 19.1. The van der Waals surface area contributed by atoms with E-state index in [4.69, 9.17) is 4.74 Å². The van der Waals surface area contributed by atoms with Gasteiger partial charge in [-0.1, -0.05) is 30.3 Å². The maximum absolute atomic E-state index is 14.4. The monoisotopic (exact) mass is 340 g/mol. The van der Waals surface area contributed by atoms with Gasteiger partial charge in [-0.3, -0.25) is 9.59 Å². The Labute approximate surface area is 144 Å². The Hall–Kier alpha value is -3.15. The van der Waals surface area contributed by atoms with E-state index in [1.54, 1.807) is 0 Å². The molecule has 0 fully saturated rings. The average Bonchev–Trinajstić information content (AvgIpc) is 3.04. The first-order valence-corrected chi connectivity index (χ1v) is 7.71. The number of nitrogens with one attached hydrogen (secondary N) is 1. The predicted octanol–water partition coefficient (Wildman–Crippen LogP) is 3.16. The van der Waals surface area contributed by atoms with Gasteiger partial charge in [-0.2, -0.15) is 0 Å². The largest absolute Gasteiger partial charge is 0.485 e. The number of hydrogen-bond acceptors (Lipinski definition) is 3. The number of ether oxygens (including phenoxy) is 1. The SMILES string of the molecule is CN(C)C(=O)C(=O)c1c[nH]c2ccc(F)c(OCc3ccccc3)c12. The highest BCUT2D eigenvalue weighted by Gasteiger charge is 2.25. The number of amides is 1. The Bertz CT molecular complexity index is 932. The van der Waals surface area contributed by atoms with Crippen LogP contribution in [0.2, 0.25) is 0 Å². The molecule has 3 aromatic rings. The minimum Gasteiger partial charge on any atom is -0.485 e. The zero-order valence-corrected chi connectivity index (χ0v) is 13.9. The molecular weight excluding hydrogens is 323 g/mol. The Morgan fingerprint density at radius 3 is 2.52 bits per heavy atom. The van der Waals surface area contributed by atoms with Crippen molar-refractivity contribution in [1.29, 1.82) is 0 Å². The lowest BCUT2D eigenvalue weighted by molar-refractivity contribution is -0.124. The van der Waals surface area contributed by atoms with Gasteiger partial charge in [0.1, 0.15) is 6.61 Å². The van der Waals surface area contributed by atoms with Gasteiger partial charge in [-0.05, 0) is 17.7 Å². The molecule has 0 aliphatic carbocycles. The maximum Gasteiger partial charge on any atom is 0.294 e. The van der Waals surface area contributed by atoms with E-state index in [0.29, 0.717) is 5.52 Å². The molecule has 0 aliphatic rings. The minimum atomic E-state index is -0.716. The van der Waals surface area contributed by atoms with Crippen LogP contribution in [0.3, 0.4) is 0 Å². The number of aromatic nitrogens is 1. The lowest BCUT2D eigenvalue weighted by Crippen LogP contribution is -2.29. The molecule has 1 heterocycles. The molecule has 5 nitrogen and oxygen atoms in total. The summed E-state index contributed by atoms with van der Waals surface area (Å²) in [6, 6.07) is 12.1. The molecule has 0 bridgehead atoms. The molecule has 1 aromatic heterocycles. The number of ketones is 1. The summed E-state index contributed by atoms with van der Waals surface area (Å²) in [5.74, 6) is -2.03. The van der Waals surface area contributed by atoms with Crippen molar-refractivity contribution in [2.75, 3.05) is 14.1 Å². The number of halogens is 1. The Balaban J connectivity index is 2.02.